The molecule has 1 N–H and O–H groups in total. The van der Waals surface area contributed by atoms with Gasteiger partial charge in [0.2, 0.25) is 0 Å². The van der Waals surface area contributed by atoms with Crippen molar-refractivity contribution in [2.45, 2.75) is 40.0 Å². The summed E-state index contributed by atoms with van der Waals surface area (Å²) in [5.41, 5.74) is 5.14. The maximum atomic E-state index is 4.92. The Morgan fingerprint density at radius 2 is 2.00 bits per heavy atom. The van der Waals surface area contributed by atoms with Gasteiger partial charge in [-0.3, -0.25) is 9.67 Å². The van der Waals surface area contributed by atoms with Crippen LogP contribution in [0.2, 0.25) is 0 Å². The number of aryl methyl sites for hydroxylation is 2. The van der Waals surface area contributed by atoms with Gasteiger partial charge < -0.3 is 10.2 Å². The zero-order valence-electron chi connectivity index (χ0n) is 17.6. The molecule has 1 aliphatic heterocycles. The number of hydrogen-bond acceptors (Lipinski definition) is 2. The Morgan fingerprint density at radius 3 is 2.64 bits per heavy atom. The van der Waals surface area contributed by atoms with Crippen LogP contribution in [-0.2, 0) is 19.9 Å². The highest BCUT2D eigenvalue weighted by atomic mass is 127. The van der Waals surface area contributed by atoms with E-state index < -0.39 is 0 Å². The fraction of sp³-hybridized carbons (Fsp3) is 0.545. The van der Waals surface area contributed by atoms with Crippen molar-refractivity contribution in [3.8, 4) is 0 Å². The molecule has 3 rings (SSSR count). The standard InChI is InChI=1S/C22H33N5.HI/c1-5-23-22(24-13-11-21-17(2)25-26(4)18(21)3)27-14-12-20(16-27)15-19-9-7-6-8-10-19;/h6-10,20H,5,11-16H2,1-4H3,(H,23,24);1H. The van der Waals surface area contributed by atoms with E-state index in [1.54, 1.807) is 0 Å². The van der Waals surface area contributed by atoms with Gasteiger partial charge >= 0.3 is 0 Å². The van der Waals surface area contributed by atoms with Crippen LogP contribution in [0.4, 0.5) is 0 Å². The number of hydrogen-bond donors (Lipinski definition) is 1. The second kappa shape index (κ2) is 10.8. The highest BCUT2D eigenvalue weighted by Crippen LogP contribution is 2.21. The van der Waals surface area contributed by atoms with E-state index in [2.05, 4.69) is 66.4 Å². The van der Waals surface area contributed by atoms with Crippen LogP contribution in [0, 0.1) is 19.8 Å². The largest absolute Gasteiger partial charge is 0.357 e. The van der Waals surface area contributed by atoms with Crippen LogP contribution in [-0.4, -0.2) is 46.8 Å². The van der Waals surface area contributed by atoms with Gasteiger partial charge in [-0.15, -0.1) is 24.0 Å². The van der Waals surface area contributed by atoms with Crippen LogP contribution in [0.15, 0.2) is 35.3 Å². The van der Waals surface area contributed by atoms with Gasteiger partial charge in [0.25, 0.3) is 0 Å². The first-order chi connectivity index (χ1) is 13.1. The summed E-state index contributed by atoms with van der Waals surface area (Å²) < 4.78 is 1.97. The van der Waals surface area contributed by atoms with Crippen molar-refractivity contribution in [3.05, 3.63) is 52.8 Å². The minimum absolute atomic E-state index is 0. The van der Waals surface area contributed by atoms with Gasteiger partial charge in [0.05, 0.1) is 5.69 Å². The average molecular weight is 495 g/mol. The minimum Gasteiger partial charge on any atom is -0.357 e. The number of likely N-dealkylation sites (tertiary alicyclic amines) is 1. The predicted octanol–water partition coefficient (Wildman–Crippen LogP) is 3.73. The first-order valence-corrected chi connectivity index (χ1v) is 10.1. The van der Waals surface area contributed by atoms with E-state index in [9.17, 15) is 0 Å². The number of benzene rings is 1. The molecule has 1 unspecified atom stereocenters. The fourth-order valence-corrected chi connectivity index (χ4v) is 4.02. The summed E-state index contributed by atoms with van der Waals surface area (Å²) in [7, 11) is 2.01. The van der Waals surface area contributed by atoms with E-state index in [-0.39, 0.29) is 24.0 Å². The number of aromatic nitrogens is 2. The lowest BCUT2D eigenvalue weighted by atomic mass is 9.99. The van der Waals surface area contributed by atoms with Crippen LogP contribution in [0.5, 0.6) is 0 Å². The third-order valence-corrected chi connectivity index (χ3v) is 5.57. The summed E-state index contributed by atoms with van der Waals surface area (Å²) in [5, 5.41) is 8.00. The Bertz CT molecular complexity index is 769. The molecule has 2 heterocycles. The summed E-state index contributed by atoms with van der Waals surface area (Å²) in [4.78, 5) is 7.35. The molecule has 1 aromatic carbocycles. The molecule has 1 aromatic heterocycles. The lowest BCUT2D eigenvalue weighted by Crippen LogP contribution is -2.40. The number of aliphatic imine (C=N–C) groups is 1. The molecule has 1 aliphatic rings. The molecule has 5 nitrogen and oxygen atoms in total. The van der Waals surface area contributed by atoms with Crippen molar-refractivity contribution in [1.82, 2.24) is 20.0 Å². The molecule has 28 heavy (non-hydrogen) atoms. The van der Waals surface area contributed by atoms with Crippen molar-refractivity contribution < 1.29 is 0 Å². The molecular formula is C22H34IN5. The Morgan fingerprint density at radius 1 is 1.25 bits per heavy atom. The molecule has 0 bridgehead atoms. The minimum atomic E-state index is 0. The van der Waals surface area contributed by atoms with Gasteiger partial charge in [-0.2, -0.15) is 5.10 Å². The molecule has 0 amide bonds. The van der Waals surface area contributed by atoms with Crippen LogP contribution < -0.4 is 5.32 Å². The van der Waals surface area contributed by atoms with E-state index in [0.29, 0.717) is 5.92 Å². The van der Waals surface area contributed by atoms with Gasteiger partial charge in [-0.25, -0.2) is 0 Å². The highest BCUT2D eigenvalue weighted by Gasteiger charge is 2.25. The molecule has 1 fully saturated rings. The van der Waals surface area contributed by atoms with E-state index in [0.717, 1.165) is 50.7 Å². The number of halogens is 1. The average Bonchev–Trinajstić information content (AvgIpc) is 3.21. The SMILES string of the molecule is CCNC(=NCCc1c(C)nn(C)c1C)N1CCC(Cc2ccccc2)C1.I. The molecule has 1 saturated heterocycles. The monoisotopic (exact) mass is 495 g/mol. The van der Waals surface area contributed by atoms with Crippen molar-refractivity contribution in [1.29, 1.82) is 0 Å². The number of guanidine groups is 1. The smallest absolute Gasteiger partial charge is 0.193 e. The highest BCUT2D eigenvalue weighted by molar-refractivity contribution is 14.0. The van der Waals surface area contributed by atoms with E-state index in [4.69, 9.17) is 4.99 Å². The fourth-order valence-electron chi connectivity index (χ4n) is 4.02. The third-order valence-electron chi connectivity index (χ3n) is 5.57. The Labute approximate surface area is 186 Å². The van der Waals surface area contributed by atoms with Crippen molar-refractivity contribution in [2.75, 3.05) is 26.2 Å². The molecule has 6 heteroatoms. The summed E-state index contributed by atoms with van der Waals surface area (Å²) in [6.45, 7) is 10.3. The third kappa shape index (κ3) is 5.72. The lowest BCUT2D eigenvalue weighted by molar-refractivity contribution is 0.460. The second-order valence-corrected chi connectivity index (χ2v) is 7.55. The molecule has 0 aliphatic carbocycles. The zero-order valence-corrected chi connectivity index (χ0v) is 19.9. The summed E-state index contributed by atoms with van der Waals surface area (Å²) in [5.74, 6) is 1.77. The normalized spacial score (nSPS) is 16.9. The Hall–Kier alpha value is -1.57. The van der Waals surface area contributed by atoms with Gasteiger partial charge in [0.1, 0.15) is 0 Å². The molecular weight excluding hydrogens is 461 g/mol. The number of nitrogens with zero attached hydrogens (tertiary/aromatic N) is 4. The number of nitrogens with one attached hydrogen (secondary N) is 1. The first kappa shape index (κ1) is 22.7. The molecule has 0 radical (unpaired) electrons. The van der Waals surface area contributed by atoms with E-state index in [1.165, 1.54) is 23.2 Å². The second-order valence-electron chi connectivity index (χ2n) is 7.55. The van der Waals surface area contributed by atoms with Gasteiger partial charge in [0, 0.05) is 38.9 Å². The van der Waals surface area contributed by atoms with E-state index in [1.807, 2.05) is 11.7 Å². The van der Waals surface area contributed by atoms with E-state index >= 15 is 0 Å². The molecule has 2 aromatic rings. The summed E-state index contributed by atoms with van der Waals surface area (Å²) >= 11 is 0. The molecule has 154 valence electrons. The first-order valence-electron chi connectivity index (χ1n) is 10.1. The Balaban J connectivity index is 0.00000280. The van der Waals surface area contributed by atoms with Crippen LogP contribution >= 0.6 is 24.0 Å². The topological polar surface area (TPSA) is 45.5 Å². The van der Waals surface area contributed by atoms with Crippen LogP contribution in [0.3, 0.4) is 0 Å². The number of rotatable bonds is 6. The zero-order chi connectivity index (χ0) is 19.2. The van der Waals surface area contributed by atoms with Crippen LogP contribution in [0.25, 0.3) is 0 Å². The Kier molecular flexibility index (Phi) is 8.79. The van der Waals surface area contributed by atoms with Crippen molar-refractivity contribution in [2.24, 2.45) is 18.0 Å². The maximum Gasteiger partial charge on any atom is 0.193 e. The summed E-state index contributed by atoms with van der Waals surface area (Å²) in [6, 6.07) is 10.8. The quantitative estimate of drug-likeness (QED) is 0.378. The maximum absolute atomic E-state index is 4.92. The van der Waals surface area contributed by atoms with Crippen LogP contribution in [0.1, 0.15) is 35.9 Å². The van der Waals surface area contributed by atoms with Gasteiger partial charge in [-0.1, -0.05) is 30.3 Å². The van der Waals surface area contributed by atoms with Crippen molar-refractivity contribution >= 4 is 29.9 Å². The molecule has 0 spiro atoms. The van der Waals surface area contributed by atoms with Gasteiger partial charge in [0.15, 0.2) is 5.96 Å². The predicted molar refractivity (Wildman–Crippen MR) is 128 cm³/mol. The van der Waals surface area contributed by atoms with Crippen molar-refractivity contribution in [3.63, 3.8) is 0 Å². The summed E-state index contributed by atoms with van der Waals surface area (Å²) in [6.07, 6.45) is 3.34. The van der Waals surface area contributed by atoms with Gasteiger partial charge in [-0.05, 0) is 57.1 Å². The molecule has 0 saturated carbocycles. The molecule has 1 atom stereocenters. The lowest BCUT2D eigenvalue weighted by Gasteiger charge is -2.21.